The molecule has 3 aliphatic rings. The Morgan fingerprint density at radius 3 is 2.49 bits per heavy atom. The molecule has 0 bridgehead atoms. The van der Waals surface area contributed by atoms with E-state index in [0.717, 1.165) is 52.0 Å². The monoisotopic (exact) mass is 603 g/mol. The van der Waals surface area contributed by atoms with E-state index in [1.54, 1.807) is 25.3 Å². The minimum absolute atomic E-state index is 0.0504. The van der Waals surface area contributed by atoms with Crippen LogP contribution in [0.2, 0.25) is 0 Å². The Morgan fingerprint density at radius 2 is 1.77 bits per heavy atom. The molecular formula is C33H41N5O4S. The van der Waals surface area contributed by atoms with Crippen molar-refractivity contribution >= 4 is 39.3 Å². The number of carbonyl (C=O) groups is 3. The summed E-state index contributed by atoms with van der Waals surface area (Å²) in [4.78, 5) is 49.4. The first-order chi connectivity index (χ1) is 20.9. The molecule has 2 N–H and O–H groups in total. The van der Waals surface area contributed by atoms with Gasteiger partial charge in [-0.25, -0.2) is 4.98 Å². The smallest absolute Gasteiger partial charge is 0.251 e. The van der Waals surface area contributed by atoms with E-state index in [-0.39, 0.29) is 35.8 Å². The van der Waals surface area contributed by atoms with E-state index < -0.39 is 12.1 Å². The summed E-state index contributed by atoms with van der Waals surface area (Å²) in [5.74, 6) is -0.250. The lowest BCUT2D eigenvalue weighted by molar-refractivity contribution is -0.144. The van der Waals surface area contributed by atoms with Crippen molar-refractivity contribution < 1.29 is 19.1 Å². The van der Waals surface area contributed by atoms with Crippen molar-refractivity contribution in [1.82, 2.24) is 25.4 Å². The summed E-state index contributed by atoms with van der Waals surface area (Å²) in [7, 11) is 1.74. The maximum Gasteiger partial charge on any atom is 0.251 e. The van der Waals surface area contributed by atoms with Crippen LogP contribution in [0.4, 0.5) is 0 Å². The van der Waals surface area contributed by atoms with Gasteiger partial charge in [0, 0.05) is 31.8 Å². The Morgan fingerprint density at radius 1 is 0.977 bits per heavy atom. The Balaban J connectivity index is 1.23. The molecule has 1 aromatic heterocycles. The van der Waals surface area contributed by atoms with E-state index in [1.807, 2.05) is 28.0 Å². The zero-order valence-electron chi connectivity index (χ0n) is 25.0. The molecule has 0 radical (unpaired) electrons. The molecule has 3 saturated heterocycles. The topological polar surface area (TPSA) is 104 Å². The SMILES string of the molecule is CN[C@@H](C)C(=O)N[C@H](C(=O)N1CCC[C@H]1c1nc2c(-c3ccccc3)cccc2s1)C1CCN(C(=O)[C@H]2CCCO2)CC1. The zero-order valence-corrected chi connectivity index (χ0v) is 25.8. The molecule has 6 rings (SSSR count). The summed E-state index contributed by atoms with van der Waals surface area (Å²) in [6, 6.07) is 15.3. The summed E-state index contributed by atoms with van der Waals surface area (Å²) in [6.07, 6.45) is 4.39. The fraction of sp³-hybridized carbons (Fsp3) is 0.515. The van der Waals surface area contributed by atoms with Gasteiger partial charge < -0.3 is 25.2 Å². The molecule has 0 saturated carbocycles. The van der Waals surface area contributed by atoms with Crippen LogP contribution in [0.1, 0.15) is 56.5 Å². The molecule has 10 heteroatoms. The van der Waals surface area contributed by atoms with Gasteiger partial charge in [0.05, 0.1) is 22.3 Å². The number of likely N-dealkylation sites (N-methyl/N-ethyl adjacent to an activating group) is 1. The first kappa shape index (κ1) is 29.7. The highest BCUT2D eigenvalue weighted by atomic mass is 32.1. The number of rotatable bonds is 8. The van der Waals surface area contributed by atoms with E-state index in [0.29, 0.717) is 39.1 Å². The third-order valence-electron chi connectivity index (χ3n) is 9.26. The second kappa shape index (κ2) is 13.1. The van der Waals surface area contributed by atoms with E-state index in [2.05, 4.69) is 41.0 Å². The highest BCUT2D eigenvalue weighted by Gasteiger charge is 2.42. The fourth-order valence-electron chi connectivity index (χ4n) is 6.64. The minimum Gasteiger partial charge on any atom is -0.368 e. The van der Waals surface area contributed by atoms with Gasteiger partial charge in [-0.2, -0.15) is 0 Å². The normalized spacial score (nSPS) is 22.6. The number of piperidine rings is 1. The maximum atomic E-state index is 14.4. The van der Waals surface area contributed by atoms with Crippen molar-refractivity contribution in [1.29, 1.82) is 0 Å². The van der Waals surface area contributed by atoms with Crippen molar-refractivity contribution in [2.75, 3.05) is 33.3 Å². The number of nitrogens with zero attached hydrogens (tertiary/aromatic N) is 3. The van der Waals surface area contributed by atoms with Crippen LogP contribution >= 0.6 is 11.3 Å². The van der Waals surface area contributed by atoms with Gasteiger partial charge in [0.15, 0.2) is 0 Å². The van der Waals surface area contributed by atoms with E-state index >= 15 is 0 Å². The van der Waals surface area contributed by atoms with Crippen LogP contribution in [-0.4, -0.2) is 84.0 Å². The molecule has 0 spiro atoms. The van der Waals surface area contributed by atoms with Gasteiger partial charge >= 0.3 is 0 Å². The number of aromatic nitrogens is 1. The van der Waals surface area contributed by atoms with Crippen LogP contribution in [0, 0.1) is 5.92 Å². The molecule has 3 aliphatic heterocycles. The molecule has 4 atom stereocenters. The highest BCUT2D eigenvalue weighted by Crippen LogP contribution is 2.40. The second-order valence-corrected chi connectivity index (χ2v) is 13.0. The molecule has 3 amide bonds. The van der Waals surface area contributed by atoms with Gasteiger partial charge in [0.2, 0.25) is 11.8 Å². The number of hydrogen-bond donors (Lipinski definition) is 2. The molecule has 228 valence electrons. The summed E-state index contributed by atoms with van der Waals surface area (Å²) in [6.45, 7) is 4.19. The van der Waals surface area contributed by atoms with Gasteiger partial charge in [-0.1, -0.05) is 42.5 Å². The molecule has 2 aromatic carbocycles. The minimum atomic E-state index is -0.654. The van der Waals surface area contributed by atoms with Gasteiger partial charge in [-0.05, 0) is 70.0 Å². The summed E-state index contributed by atoms with van der Waals surface area (Å²) in [5.41, 5.74) is 3.17. The summed E-state index contributed by atoms with van der Waals surface area (Å²) >= 11 is 1.65. The maximum absolute atomic E-state index is 14.4. The Kier molecular flexibility index (Phi) is 9.06. The number of para-hydroxylation sites is 1. The highest BCUT2D eigenvalue weighted by molar-refractivity contribution is 7.18. The van der Waals surface area contributed by atoms with E-state index in [1.165, 1.54) is 0 Å². The Hall–Kier alpha value is -3.34. The van der Waals surface area contributed by atoms with E-state index in [9.17, 15) is 14.4 Å². The quantitative estimate of drug-likeness (QED) is 0.401. The van der Waals surface area contributed by atoms with Crippen molar-refractivity contribution in [3.05, 3.63) is 53.5 Å². The van der Waals surface area contributed by atoms with Crippen LogP contribution < -0.4 is 10.6 Å². The van der Waals surface area contributed by atoms with Crippen LogP contribution in [0.25, 0.3) is 21.3 Å². The number of likely N-dealkylation sites (tertiary alicyclic amines) is 2. The van der Waals surface area contributed by atoms with Gasteiger partial charge in [-0.3, -0.25) is 14.4 Å². The number of nitrogens with one attached hydrogen (secondary N) is 2. The number of benzene rings is 2. The first-order valence-electron chi connectivity index (χ1n) is 15.6. The fourth-order valence-corrected chi connectivity index (χ4v) is 7.79. The van der Waals surface area contributed by atoms with Crippen LogP contribution in [0.15, 0.2) is 48.5 Å². The molecule has 3 fully saturated rings. The Labute approximate surface area is 257 Å². The molecule has 4 heterocycles. The van der Waals surface area contributed by atoms with Crippen molar-refractivity contribution in [2.24, 2.45) is 5.92 Å². The molecule has 9 nitrogen and oxygen atoms in total. The number of ether oxygens (including phenoxy) is 1. The molecular weight excluding hydrogens is 562 g/mol. The molecule has 0 unspecified atom stereocenters. The average molecular weight is 604 g/mol. The van der Waals surface area contributed by atoms with Crippen molar-refractivity contribution in [3.63, 3.8) is 0 Å². The van der Waals surface area contributed by atoms with Gasteiger partial charge in [-0.15, -0.1) is 11.3 Å². The number of hydrogen-bond acceptors (Lipinski definition) is 7. The third kappa shape index (κ3) is 6.18. The van der Waals surface area contributed by atoms with E-state index in [4.69, 9.17) is 9.72 Å². The number of amides is 3. The lowest BCUT2D eigenvalue weighted by Crippen LogP contribution is -2.57. The second-order valence-electron chi connectivity index (χ2n) is 11.9. The molecule has 0 aliphatic carbocycles. The molecule has 3 aromatic rings. The number of fused-ring (bicyclic) bond motifs is 1. The number of thiazole rings is 1. The van der Waals surface area contributed by atoms with Crippen LogP contribution in [0.5, 0.6) is 0 Å². The Bertz CT molecular complexity index is 1450. The first-order valence-corrected chi connectivity index (χ1v) is 16.4. The zero-order chi connectivity index (χ0) is 29.9. The summed E-state index contributed by atoms with van der Waals surface area (Å²) < 4.78 is 6.73. The lowest BCUT2D eigenvalue weighted by atomic mass is 9.87. The standard InChI is InChI=1S/C33H41N5O4S/c1-21(34-2)30(39)35-28(23-15-18-37(19-16-23)32(40)26-13-8-20-42-26)33(41)38-17-7-12-25(38)31-36-29-24(11-6-14-27(29)43-31)22-9-4-3-5-10-22/h3-6,9-11,14,21,23,25-26,28,34H,7-8,12-13,15-20H2,1-2H3,(H,35,39)/t21-,25-,26+,28-/m0/s1. The van der Waals surface area contributed by atoms with Gasteiger partial charge in [0.1, 0.15) is 17.2 Å². The largest absolute Gasteiger partial charge is 0.368 e. The summed E-state index contributed by atoms with van der Waals surface area (Å²) in [5, 5.41) is 7.04. The van der Waals surface area contributed by atoms with Crippen molar-refractivity contribution in [3.8, 4) is 11.1 Å². The third-order valence-corrected chi connectivity index (χ3v) is 10.4. The van der Waals surface area contributed by atoms with Crippen LogP contribution in [0.3, 0.4) is 0 Å². The van der Waals surface area contributed by atoms with Crippen LogP contribution in [-0.2, 0) is 19.1 Å². The van der Waals surface area contributed by atoms with Crippen molar-refractivity contribution in [2.45, 2.75) is 69.7 Å². The predicted molar refractivity (Wildman–Crippen MR) is 167 cm³/mol. The number of carbonyl (C=O) groups excluding carboxylic acids is 3. The van der Waals surface area contributed by atoms with Gasteiger partial charge in [0.25, 0.3) is 5.91 Å². The lowest BCUT2D eigenvalue weighted by Gasteiger charge is -2.38. The predicted octanol–water partition coefficient (Wildman–Crippen LogP) is 4.14. The molecule has 43 heavy (non-hydrogen) atoms. The average Bonchev–Trinajstić information content (AvgIpc) is 3.84.